The van der Waals surface area contributed by atoms with Crippen molar-refractivity contribution in [2.75, 3.05) is 0 Å². The predicted molar refractivity (Wildman–Crippen MR) is 84.8 cm³/mol. The highest BCUT2D eigenvalue weighted by Crippen LogP contribution is 2.32. The Kier molecular flexibility index (Phi) is 4.49. The monoisotopic (exact) mass is 280 g/mol. The molecule has 0 unspecified atom stereocenters. The fourth-order valence-electron chi connectivity index (χ4n) is 2.72. The highest BCUT2D eigenvalue weighted by molar-refractivity contribution is 5.49. The third-order valence-electron chi connectivity index (χ3n) is 3.80. The molecule has 0 saturated carbocycles. The zero-order valence-corrected chi connectivity index (χ0v) is 11.9. The van der Waals surface area contributed by atoms with Crippen molar-refractivity contribution in [2.24, 2.45) is 0 Å². The standard InChI is InChI=1S/C19H20O2/c20-17-13-18(12-11-15-7-3-1-4-8-15)21-19(14-17)16-9-5-2-6-10-16/h1-12,17-20H,13-14H2/b12-11-/t17-,18-,19-/m1/s1. The van der Waals surface area contributed by atoms with Crippen LogP contribution in [-0.2, 0) is 4.74 Å². The van der Waals surface area contributed by atoms with Crippen LogP contribution in [0.3, 0.4) is 0 Å². The number of hydrogen-bond acceptors (Lipinski definition) is 2. The molecule has 0 spiro atoms. The third kappa shape index (κ3) is 3.81. The van der Waals surface area contributed by atoms with Gasteiger partial charge in [0.2, 0.25) is 0 Å². The fraction of sp³-hybridized carbons (Fsp3) is 0.263. The molecular weight excluding hydrogens is 260 g/mol. The summed E-state index contributed by atoms with van der Waals surface area (Å²) in [4.78, 5) is 0. The van der Waals surface area contributed by atoms with Crippen LogP contribution in [0, 0.1) is 0 Å². The molecule has 1 fully saturated rings. The molecule has 21 heavy (non-hydrogen) atoms. The minimum atomic E-state index is -0.311. The van der Waals surface area contributed by atoms with Crippen molar-refractivity contribution in [3.63, 3.8) is 0 Å². The van der Waals surface area contributed by atoms with Crippen LogP contribution in [0.25, 0.3) is 6.08 Å². The first kappa shape index (κ1) is 14.1. The Bertz CT molecular complexity index is 577. The highest BCUT2D eigenvalue weighted by atomic mass is 16.5. The van der Waals surface area contributed by atoms with E-state index >= 15 is 0 Å². The molecule has 0 aromatic heterocycles. The van der Waals surface area contributed by atoms with Gasteiger partial charge in [0.25, 0.3) is 0 Å². The zero-order valence-electron chi connectivity index (χ0n) is 11.9. The molecule has 2 aromatic rings. The molecule has 1 saturated heterocycles. The Hall–Kier alpha value is -1.90. The average molecular weight is 280 g/mol. The van der Waals surface area contributed by atoms with Crippen molar-refractivity contribution in [2.45, 2.75) is 31.2 Å². The number of hydrogen-bond donors (Lipinski definition) is 1. The van der Waals surface area contributed by atoms with E-state index in [0.29, 0.717) is 12.8 Å². The summed E-state index contributed by atoms with van der Waals surface area (Å²) in [7, 11) is 0. The van der Waals surface area contributed by atoms with Crippen molar-refractivity contribution in [1.82, 2.24) is 0 Å². The molecule has 1 aliphatic rings. The van der Waals surface area contributed by atoms with Gasteiger partial charge in [0.1, 0.15) is 0 Å². The van der Waals surface area contributed by atoms with Gasteiger partial charge in [-0.25, -0.2) is 0 Å². The van der Waals surface area contributed by atoms with Crippen LogP contribution in [0.1, 0.15) is 30.1 Å². The molecule has 0 amide bonds. The molecule has 2 heteroatoms. The van der Waals surface area contributed by atoms with Crippen molar-refractivity contribution >= 4 is 6.08 Å². The molecule has 2 nitrogen and oxygen atoms in total. The van der Waals surface area contributed by atoms with E-state index in [-0.39, 0.29) is 18.3 Å². The lowest BCUT2D eigenvalue weighted by Crippen LogP contribution is -2.30. The van der Waals surface area contributed by atoms with Gasteiger partial charge in [-0.15, -0.1) is 0 Å². The van der Waals surface area contributed by atoms with Crippen molar-refractivity contribution in [3.05, 3.63) is 77.9 Å². The summed E-state index contributed by atoms with van der Waals surface area (Å²) in [5, 5.41) is 10.1. The van der Waals surface area contributed by atoms with E-state index in [9.17, 15) is 5.11 Å². The summed E-state index contributed by atoms with van der Waals surface area (Å²) >= 11 is 0. The summed E-state index contributed by atoms with van der Waals surface area (Å²) in [5.74, 6) is 0. The van der Waals surface area contributed by atoms with Crippen LogP contribution < -0.4 is 0 Å². The van der Waals surface area contributed by atoms with E-state index in [1.165, 1.54) is 0 Å². The normalized spacial score (nSPS) is 26.0. The van der Waals surface area contributed by atoms with Gasteiger partial charge in [-0.2, -0.15) is 0 Å². The largest absolute Gasteiger partial charge is 0.393 e. The van der Waals surface area contributed by atoms with Gasteiger partial charge in [-0.05, 0) is 11.1 Å². The maximum absolute atomic E-state index is 10.1. The number of benzene rings is 2. The Morgan fingerprint density at radius 1 is 0.905 bits per heavy atom. The Labute approximate surface area is 125 Å². The lowest BCUT2D eigenvalue weighted by Gasteiger charge is -2.32. The number of rotatable bonds is 3. The summed E-state index contributed by atoms with van der Waals surface area (Å²) in [5.41, 5.74) is 2.28. The van der Waals surface area contributed by atoms with Gasteiger partial charge in [0.15, 0.2) is 0 Å². The van der Waals surface area contributed by atoms with Gasteiger partial charge in [0.05, 0.1) is 18.3 Å². The molecule has 2 aromatic carbocycles. The van der Waals surface area contributed by atoms with Crippen LogP contribution in [0.2, 0.25) is 0 Å². The van der Waals surface area contributed by atoms with Gasteiger partial charge in [0, 0.05) is 12.8 Å². The Balaban J connectivity index is 1.70. The Morgan fingerprint density at radius 2 is 1.57 bits per heavy atom. The molecule has 1 N–H and O–H groups in total. The molecule has 0 aliphatic carbocycles. The van der Waals surface area contributed by atoms with E-state index in [2.05, 4.69) is 30.3 Å². The third-order valence-corrected chi connectivity index (χ3v) is 3.80. The molecule has 0 bridgehead atoms. The zero-order chi connectivity index (χ0) is 14.5. The molecule has 1 heterocycles. The topological polar surface area (TPSA) is 29.5 Å². The van der Waals surface area contributed by atoms with Gasteiger partial charge in [-0.1, -0.05) is 72.8 Å². The second-order valence-corrected chi connectivity index (χ2v) is 5.47. The summed E-state index contributed by atoms with van der Waals surface area (Å²) in [6, 6.07) is 20.3. The second-order valence-electron chi connectivity index (χ2n) is 5.47. The van der Waals surface area contributed by atoms with Crippen LogP contribution >= 0.6 is 0 Å². The first-order chi connectivity index (χ1) is 10.3. The minimum Gasteiger partial charge on any atom is -0.393 e. The molecule has 1 aliphatic heterocycles. The molecule has 3 atom stereocenters. The van der Waals surface area contributed by atoms with E-state index in [1.54, 1.807) is 0 Å². The lowest BCUT2D eigenvalue weighted by atomic mass is 9.95. The van der Waals surface area contributed by atoms with Crippen molar-refractivity contribution in [1.29, 1.82) is 0 Å². The molecule has 108 valence electrons. The van der Waals surface area contributed by atoms with Crippen molar-refractivity contribution < 1.29 is 9.84 Å². The molecular formula is C19H20O2. The lowest BCUT2D eigenvalue weighted by molar-refractivity contribution is -0.0774. The Morgan fingerprint density at radius 3 is 2.29 bits per heavy atom. The van der Waals surface area contributed by atoms with Crippen LogP contribution in [-0.4, -0.2) is 17.3 Å². The summed E-state index contributed by atoms with van der Waals surface area (Å²) in [6.07, 6.45) is 5.05. The van der Waals surface area contributed by atoms with E-state index in [4.69, 9.17) is 4.74 Å². The van der Waals surface area contributed by atoms with Gasteiger partial charge < -0.3 is 9.84 Å². The molecule has 0 radical (unpaired) electrons. The van der Waals surface area contributed by atoms with E-state index in [1.807, 2.05) is 42.5 Å². The van der Waals surface area contributed by atoms with Crippen molar-refractivity contribution in [3.8, 4) is 0 Å². The fourth-order valence-corrected chi connectivity index (χ4v) is 2.72. The first-order valence-electron chi connectivity index (χ1n) is 7.43. The summed E-state index contributed by atoms with van der Waals surface area (Å²) < 4.78 is 6.12. The SMILES string of the molecule is O[C@@H]1C[C@@H](/C=C\c2ccccc2)O[C@@H](c2ccccc2)C1. The van der Waals surface area contributed by atoms with E-state index in [0.717, 1.165) is 11.1 Å². The highest BCUT2D eigenvalue weighted by Gasteiger charge is 2.27. The smallest absolute Gasteiger partial charge is 0.0857 e. The minimum absolute atomic E-state index is 0.0274. The molecule has 3 rings (SSSR count). The summed E-state index contributed by atoms with van der Waals surface area (Å²) in [6.45, 7) is 0. The maximum Gasteiger partial charge on any atom is 0.0857 e. The number of aliphatic hydroxyl groups is 1. The predicted octanol–water partition coefficient (Wildman–Crippen LogP) is 3.98. The maximum atomic E-state index is 10.1. The number of aliphatic hydroxyl groups excluding tert-OH is 1. The van der Waals surface area contributed by atoms with Crippen LogP contribution in [0.4, 0.5) is 0 Å². The quantitative estimate of drug-likeness (QED) is 0.921. The van der Waals surface area contributed by atoms with Gasteiger partial charge >= 0.3 is 0 Å². The van der Waals surface area contributed by atoms with Crippen LogP contribution in [0.15, 0.2) is 66.7 Å². The van der Waals surface area contributed by atoms with Gasteiger partial charge in [-0.3, -0.25) is 0 Å². The number of ether oxygens (including phenoxy) is 1. The average Bonchev–Trinajstić information content (AvgIpc) is 2.54. The van der Waals surface area contributed by atoms with E-state index < -0.39 is 0 Å². The van der Waals surface area contributed by atoms with Crippen LogP contribution in [0.5, 0.6) is 0 Å². The second kappa shape index (κ2) is 6.70. The first-order valence-corrected chi connectivity index (χ1v) is 7.43.